The van der Waals surface area contributed by atoms with Crippen LogP contribution in [0.5, 0.6) is 0 Å². The predicted molar refractivity (Wildman–Crippen MR) is 121 cm³/mol. The molecule has 0 aliphatic rings. The molecule has 15 heteroatoms. The van der Waals surface area contributed by atoms with E-state index < -0.39 is 83.6 Å². The molecule has 0 fully saturated rings. The molecule has 0 radical (unpaired) electrons. The second kappa shape index (κ2) is 12.1. The third kappa shape index (κ3) is 9.29. The van der Waals surface area contributed by atoms with Crippen LogP contribution in [0.3, 0.4) is 0 Å². The van der Waals surface area contributed by atoms with Gasteiger partial charge in [0.15, 0.2) is 5.78 Å². The van der Waals surface area contributed by atoms with Gasteiger partial charge >= 0.3 is 18.5 Å². The maximum atomic E-state index is 14.9. The number of carbonyl (C=O) groups excluding carboxylic acids is 2. The minimum absolute atomic E-state index is 0.0556. The Balaban J connectivity index is 2.39. The van der Waals surface area contributed by atoms with Crippen molar-refractivity contribution >= 4 is 45.0 Å². The molecule has 0 aliphatic carbocycles. The Kier molecular flexibility index (Phi) is 10.0. The highest BCUT2D eigenvalue weighted by Crippen LogP contribution is 2.41. The van der Waals surface area contributed by atoms with Crippen LogP contribution in [-0.4, -0.2) is 30.6 Å². The summed E-state index contributed by atoms with van der Waals surface area (Å²) in [6.07, 6.45) is -16.8. The largest absolute Gasteiger partial charge is 0.417 e. The van der Waals surface area contributed by atoms with Crippen molar-refractivity contribution in [3.05, 3.63) is 74.2 Å². The molecule has 0 spiro atoms. The Morgan fingerprint density at radius 1 is 0.947 bits per heavy atom. The van der Waals surface area contributed by atoms with Crippen molar-refractivity contribution in [1.29, 1.82) is 0 Å². The number of amides is 1. The number of ketones is 1. The molecule has 0 heterocycles. The van der Waals surface area contributed by atoms with Gasteiger partial charge in [0, 0.05) is 33.5 Å². The highest BCUT2D eigenvalue weighted by Gasteiger charge is 2.41. The Hall–Kier alpha value is -2.61. The van der Waals surface area contributed by atoms with Crippen LogP contribution in [0.25, 0.3) is 5.83 Å². The van der Waals surface area contributed by atoms with E-state index in [1.54, 1.807) is 0 Å². The van der Waals surface area contributed by atoms with Crippen LogP contribution in [0.4, 0.5) is 43.9 Å². The number of nitrogens with one attached hydrogen (secondary N) is 1. The number of benzene rings is 2. The van der Waals surface area contributed by atoms with Gasteiger partial charge in [-0.2, -0.15) is 39.5 Å². The summed E-state index contributed by atoms with van der Waals surface area (Å²) in [5, 5.41) is 1.33. The van der Waals surface area contributed by atoms with Gasteiger partial charge in [-0.1, -0.05) is 39.7 Å². The summed E-state index contributed by atoms with van der Waals surface area (Å²) in [6, 6.07) is 4.46. The van der Waals surface area contributed by atoms with Crippen LogP contribution in [0.1, 0.15) is 45.8 Å². The average Bonchev–Trinajstić information content (AvgIpc) is 2.76. The summed E-state index contributed by atoms with van der Waals surface area (Å²) in [7, 11) is 0. The average molecular weight is 643 g/mol. The van der Waals surface area contributed by atoms with Crippen LogP contribution in [0, 0.1) is 0 Å². The van der Waals surface area contributed by atoms with E-state index in [4.69, 9.17) is 11.6 Å². The normalized spacial score (nSPS) is 13.8. The zero-order valence-corrected chi connectivity index (χ0v) is 20.9. The summed E-state index contributed by atoms with van der Waals surface area (Å²) >= 11 is 8.71. The summed E-state index contributed by atoms with van der Waals surface area (Å²) in [4.78, 5) is 23.7. The lowest BCUT2D eigenvalue weighted by Crippen LogP contribution is -2.33. The van der Waals surface area contributed by atoms with Gasteiger partial charge in [-0.3, -0.25) is 9.59 Å². The molecule has 3 nitrogen and oxygen atoms in total. The maximum absolute atomic E-state index is 14.9. The Morgan fingerprint density at radius 2 is 1.58 bits per heavy atom. The third-order valence-electron chi connectivity index (χ3n) is 4.88. The lowest BCUT2D eigenvalue weighted by Gasteiger charge is -2.19. The minimum atomic E-state index is -5.26. The molecule has 0 aliphatic heterocycles. The van der Waals surface area contributed by atoms with Crippen LogP contribution in [0.15, 0.2) is 46.9 Å². The van der Waals surface area contributed by atoms with Gasteiger partial charge in [-0.15, -0.1) is 0 Å². The van der Waals surface area contributed by atoms with Gasteiger partial charge in [-0.05, 0) is 35.9 Å². The number of alkyl halides is 9. The van der Waals surface area contributed by atoms with Crippen molar-refractivity contribution in [3.8, 4) is 0 Å². The molecule has 2 rings (SSSR count). The first-order chi connectivity index (χ1) is 17.3. The fraction of sp³-hybridized carbons (Fsp3) is 0.304. The molecule has 0 saturated carbocycles. The van der Waals surface area contributed by atoms with Crippen LogP contribution >= 0.6 is 27.5 Å². The SMILES string of the molecule is O=C(CCC(=O)c1ccc(/C(F)=C/C(c2cc(Cl)cc(Br)c2)C(F)(F)F)cc1C(F)(F)F)NCC(F)(F)F. The lowest BCUT2D eigenvalue weighted by atomic mass is 9.94. The Morgan fingerprint density at radius 3 is 2.11 bits per heavy atom. The standard InChI is InChI=1S/C23H15BrClF10NO2/c24-13-5-12(6-14(25)8-13)16(22(30,31)32)9-18(26)11-1-2-15(17(7-11)23(33,34)35)19(37)3-4-20(38)36-10-21(27,28)29/h1-2,5-9,16H,3-4,10H2,(H,36,38)/b18-9-. The minimum Gasteiger partial charge on any atom is -0.347 e. The van der Waals surface area contributed by atoms with Crippen LogP contribution < -0.4 is 5.32 Å². The van der Waals surface area contributed by atoms with Crippen molar-refractivity contribution in [3.63, 3.8) is 0 Å². The van der Waals surface area contributed by atoms with Gasteiger partial charge in [0.2, 0.25) is 5.91 Å². The van der Waals surface area contributed by atoms with Crippen molar-refractivity contribution in [1.82, 2.24) is 5.32 Å². The molecule has 0 bridgehead atoms. The van der Waals surface area contributed by atoms with Crippen molar-refractivity contribution < 1.29 is 53.5 Å². The summed E-state index contributed by atoms with van der Waals surface area (Å²) < 4.78 is 133. The molecular weight excluding hydrogens is 628 g/mol. The number of halogens is 12. The molecule has 1 unspecified atom stereocenters. The fourth-order valence-electron chi connectivity index (χ4n) is 3.20. The number of rotatable bonds is 8. The van der Waals surface area contributed by atoms with Crippen molar-refractivity contribution in [2.75, 3.05) is 6.54 Å². The first kappa shape index (κ1) is 31.6. The van der Waals surface area contributed by atoms with Gasteiger partial charge < -0.3 is 5.32 Å². The van der Waals surface area contributed by atoms with E-state index in [0.717, 1.165) is 12.1 Å². The highest BCUT2D eigenvalue weighted by molar-refractivity contribution is 9.10. The summed E-state index contributed by atoms with van der Waals surface area (Å²) in [5.74, 6) is -6.82. The van der Waals surface area contributed by atoms with Gasteiger partial charge in [0.05, 0.1) is 5.56 Å². The maximum Gasteiger partial charge on any atom is 0.417 e. The first-order valence-corrected chi connectivity index (χ1v) is 11.4. The van der Waals surface area contributed by atoms with E-state index in [1.807, 2.05) is 0 Å². The molecule has 2 aromatic rings. The molecule has 1 atom stereocenters. The van der Waals surface area contributed by atoms with Crippen LogP contribution in [-0.2, 0) is 11.0 Å². The van der Waals surface area contributed by atoms with Gasteiger partial charge in [0.25, 0.3) is 0 Å². The summed E-state index contributed by atoms with van der Waals surface area (Å²) in [5.41, 5.74) is -4.16. The number of hydrogen-bond donors (Lipinski definition) is 1. The molecular formula is C23H15BrClF10NO2. The number of carbonyl (C=O) groups is 2. The lowest BCUT2D eigenvalue weighted by molar-refractivity contribution is -0.140. The number of allylic oxidation sites excluding steroid dienone is 1. The Labute approximate surface area is 222 Å². The molecule has 38 heavy (non-hydrogen) atoms. The second-order valence-corrected chi connectivity index (χ2v) is 9.16. The molecule has 1 amide bonds. The molecule has 208 valence electrons. The van der Waals surface area contributed by atoms with E-state index in [1.165, 1.54) is 11.4 Å². The smallest absolute Gasteiger partial charge is 0.347 e. The van der Waals surface area contributed by atoms with E-state index in [0.29, 0.717) is 12.1 Å². The molecule has 2 aromatic carbocycles. The third-order valence-corrected chi connectivity index (χ3v) is 5.55. The zero-order chi connectivity index (χ0) is 29.1. The number of Topliss-reactive ketones (excluding diaryl/α,β-unsaturated/α-hetero) is 1. The van der Waals surface area contributed by atoms with E-state index in [9.17, 15) is 53.5 Å². The molecule has 0 saturated heterocycles. The van der Waals surface area contributed by atoms with Crippen molar-refractivity contribution in [2.45, 2.75) is 37.3 Å². The predicted octanol–water partition coefficient (Wildman–Crippen LogP) is 8.42. The van der Waals surface area contributed by atoms with E-state index in [2.05, 4.69) is 15.9 Å². The highest BCUT2D eigenvalue weighted by atomic mass is 79.9. The van der Waals surface area contributed by atoms with Gasteiger partial charge in [-0.25, -0.2) is 4.39 Å². The topological polar surface area (TPSA) is 46.2 Å². The zero-order valence-electron chi connectivity index (χ0n) is 18.6. The van der Waals surface area contributed by atoms with E-state index in [-0.39, 0.29) is 21.6 Å². The van der Waals surface area contributed by atoms with Crippen LogP contribution in [0.2, 0.25) is 5.02 Å². The second-order valence-electron chi connectivity index (χ2n) is 7.81. The van der Waals surface area contributed by atoms with Crippen molar-refractivity contribution in [2.24, 2.45) is 0 Å². The Bertz CT molecular complexity index is 1200. The first-order valence-electron chi connectivity index (χ1n) is 10.3. The fourth-order valence-corrected chi connectivity index (χ4v) is 4.08. The number of hydrogen-bond acceptors (Lipinski definition) is 2. The van der Waals surface area contributed by atoms with E-state index >= 15 is 0 Å². The molecule has 0 aromatic heterocycles. The van der Waals surface area contributed by atoms with Gasteiger partial charge in [0.1, 0.15) is 18.3 Å². The monoisotopic (exact) mass is 641 g/mol. The molecule has 1 N–H and O–H groups in total. The quantitative estimate of drug-likeness (QED) is 0.232. The summed E-state index contributed by atoms with van der Waals surface area (Å²) in [6.45, 7) is -1.71.